The quantitative estimate of drug-likeness (QED) is 0.767. The summed E-state index contributed by atoms with van der Waals surface area (Å²) in [5, 5.41) is 3.26. The summed E-state index contributed by atoms with van der Waals surface area (Å²) in [6.07, 6.45) is 1.79. The molecule has 1 N–H and O–H groups in total. The molecule has 1 aromatic rings. The van der Waals surface area contributed by atoms with Crippen LogP contribution in [0.3, 0.4) is 0 Å². The van der Waals surface area contributed by atoms with E-state index in [1.54, 1.807) is 6.20 Å². The smallest absolute Gasteiger partial charge is 0.222 e. The molecular weight excluding hydrogens is 176 g/mol. The summed E-state index contributed by atoms with van der Waals surface area (Å²) in [5.74, 6) is 1.50. The summed E-state index contributed by atoms with van der Waals surface area (Å²) in [5.41, 5.74) is 1.01. The van der Waals surface area contributed by atoms with Crippen LogP contribution >= 0.6 is 0 Å². The van der Waals surface area contributed by atoms with Gasteiger partial charge in [-0.15, -0.1) is 0 Å². The largest absolute Gasteiger partial charge is 0.354 e. The summed E-state index contributed by atoms with van der Waals surface area (Å²) in [6, 6.07) is 1.91. The SMILES string of the molecule is Cc1ccnc(NCC2CN(C)C2)n1. The van der Waals surface area contributed by atoms with Crippen LogP contribution in [0.1, 0.15) is 5.69 Å². The fraction of sp³-hybridized carbons (Fsp3) is 0.600. The maximum absolute atomic E-state index is 4.29. The number of aryl methyl sites for hydroxylation is 1. The minimum atomic E-state index is 0.750. The zero-order valence-electron chi connectivity index (χ0n) is 8.70. The topological polar surface area (TPSA) is 41.1 Å². The average molecular weight is 192 g/mol. The predicted octanol–water partition coefficient (Wildman–Crippen LogP) is 0.759. The van der Waals surface area contributed by atoms with Gasteiger partial charge in [-0.25, -0.2) is 9.97 Å². The number of hydrogen-bond donors (Lipinski definition) is 1. The van der Waals surface area contributed by atoms with Gasteiger partial charge in [0.15, 0.2) is 0 Å². The third kappa shape index (κ3) is 2.20. The van der Waals surface area contributed by atoms with Crippen molar-refractivity contribution in [3.63, 3.8) is 0 Å². The van der Waals surface area contributed by atoms with E-state index in [0.717, 1.165) is 24.1 Å². The average Bonchev–Trinajstić information content (AvgIpc) is 2.11. The molecule has 2 rings (SSSR count). The lowest BCUT2D eigenvalue weighted by molar-refractivity contribution is 0.144. The first-order valence-electron chi connectivity index (χ1n) is 4.96. The van der Waals surface area contributed by atoms with Crippen molar-refractivity contribution in [1.29, 1.82) is 0 Å². The van der Waals surface area contributed by atoms with Gasteiger partial charge in [-0.1, -0.05) is 0 Å². The molecule has 0 spiro atoms. The second kappa shape index (κ2) is 3.92. The zero-order chi connectivity index (χ0) is 9.97. The van der Waals surface area contributed by atoms with Crippen molar-refractivity contribution in [1.82, 2.24) is 14.9 Å². The fourth-order valence-corrected chi connectivity index (χ4v) is 1.73. The molecule has 1 saturated heterocycles. The molecule has 0 saturated carbocycles. The highest BCUT2D eigenvalue weighted by atomic mass is 15.2. The van der Waals surface area contributed by atoms with Gasteiger partial charge >= 0.3 is 0 Å². The lowest BCUT2D eigenvalue weighted by Gasteiger charge is -2.36. The highest BCUT2D eigenvalue weighted by Gasteiger charge is 2.22. The van der Waals surface area contributed by atoms with Crippen LogP contribution in [0, 0.1) is 12.8 Å². The van der Waals surface area contributed by atoms with Crippen LogP contribution in [0.5, 0.6) is 0 Å². The summed E-state index contributed by atoms with van der Waals surface area (Å²) < 4.78 is 0. The Morgan fingerprint density at radius 3 is 3.00 bits per heavy atom. The molecule has 4 nitrogen and oxygen atoms in total. The number of likely N-dealkylation sites (tertiary alicyclic amines) is 1. The predicted molar refractivity (Wildman–Crippen MR) is 56.2 cm³/mol. The van der Waals surface area contributed by atoms with E-state index in [2.05, 4.69) is 27.2 Å². The van der Waals surface area contributed by atoms with Gasteiger partial charge in [-0.2, -0.15) is 0 Å². The van der Waals surface area contributed by atoms with E-state index in [-0.39, 0.29) is 0 Å². The molecule has 1 fully saturated rings. The Bertz CT molecular complexity index is 307. The van der Waals surface area contributed by atoms with Crippen LogP contribution in [0.25, 0.3) is 0 Å². The maximum atomic E-state index is 4.29. The van der Waals surface area contributed by atoms with E-state index in [9.17, 15) is 0 Å². The van der Waals surface area contributed by atoms with Crippen LogP contribution in [0.15, 0.2) is 12.3 Å². The van der Waals surface area contributed by atoms with Gasteiger partial charge in [0.2, 0.25) is 5.95 Å². The van der Waals surface area contributed by atoms with Gasteiger partial charge in [-0.3, -0.25) is 0 Å². The summed E-state index contributed by atoms with van der Waals surface area (Å²) in [4.78, 5) is 10.7. The Balaban J connectivity index is 1.80. The Labute approximate surface area is 84.4 Å². The van der Waals surface area contributed by atoms with Crippen molar-refractivity contribution in [2.75, 3.05) is 32.0 Å². The highest BCUT2D eigenvalue weighted by Crippen LogP contribution is 2.12. The van der Waals surface area contributed by atoms with Crippen molar-refractivity contribution >= 4 is 5.95 Å². The normalized spacial score (nSPS) is 17.9. The number of aromatic nitrogens is 2. The standard InChI is InChI=1S/C10H16N4/c1-8-3-4-11-10(13-8)12-5-9-6-14(2)7-9/h3-4,9H,5-7H2,1-2H3,(H,11,12,13). The van der Waals surface area contributed by atoms with E-state index in [1.807, 2.05) is 13.0 Å². The molecule has 0 aliphatic carbocycles. The lowest BCUT2D eigenvalue weighted by Crippen LogP contribution is -2.46. The molecule has 0 bridgehead atoms. The van der Waals surface area contributed by atoms with Crippen LogP contribution in [0.4, 0.5) is 5.95 Å². The van der Waals surface area contributed by atoms with Gasteiger partial charge in [0.25, 0.3) is 0 Å². The molecule has 0 aromatic carbocycles. The third-order valence-electron chi connectivity index (χ3n) is 2.48. The molecule has 76 valence electrons. The Kier molecular flexibility index (Phi) is 2.63. The van der Waals surface area contributed by atoms with E-state index in [4.69, 9.17) is 0 Å². The maximum Gasteiger partial charge on any atom is 0.222 e. The number of anilines is 1. The van der Waals surface area contributed by atoms with Gasteiger partial charge in [-0.05, 0) is 20.0 Å². The lowest BCUT2D eigenvalue weighted by atomic mass is 10.0. The van der Waals surface area contributed by atoms with E-state index < -0.39 is 0 Å². The van der Waals surface area contributed by atoms with E-state index >= 15 is 0 Å². The summed E-state index contributed by atoms with van der Waals surface area (Å²) in [6.45, 7) is 5.31. The first-order valence-corrected chi connectivity index (χ1v) is 4.96. The number of nitrogens with one attached hydrogen (secondary N) is 1. The highest BCUT2D eigenvalue weighted by molar-refractivity contribution is 5.24. The molecular formula is C10H16N4. The first-order chi connectivity index (χ1) is 6.74. The van der Waals surface area contributed by atoms with Crippen molar-refractivity contribution < 1.29 is 0 Å². The number of rotatable bonds is 3. The Hall–Kier alpha value is -1.16. The molecule has 1 aliphatic heterocycles. The number of hydrogen-bond acceptors (Lipinski definition) is 4. The Morgan fingerprint density at radius 1 is 1.57 bits per heavy atom. The molecule has 0 amide bonds. The van der Waals surface area contributed by atoms with Gasteiger partial charge in [0, 0.05) is 37.4 Å². The molecule has 2 heterocycles. The van der Waals surface area contributed by atoms with E-state index in [1.165, 1.54) is 13.1 Å². The third-order valence-corrected chi connectivity index (χ3v) is 2.48. The molecule has 14 heavy (non-hydrogen) atoms. The summed E-state index contributed by atoms with van der Waals surface area (Å²) in [7, 11) is 2.14. The van der Waals surface area contributed by atoms with Crippen LogP contribution < -0.4 is 5.32 Å². The van der Waals surface area contributed by atoms with Gasteiger partial charge in [0.05, 0.1) is 0 Å². The fourth-order valence-electron chi connectivity index (χ4n) is 1.73. The molecule has 0 atom stereocenters. The van der Waals surface area contributed by atoms with E-state index in [0.29, 0.717) is 0 Å². The minimum Gasteiger partial charge on any atom is -0.354 e. The summed E-state index contributed by atoms with van der Waals surface area (Å²) >= 11 is 0. The van der Waals surface area contributed by atoms with Crippen LogP contribution in [-0.4, -0.2) is 41.5 Å². The van der Waals surface area contributed by atoms with Gasteiger partial charge < -0.3 is 10.2 Å². The molecule has 1 aromatic heterocycles. The van der Waals surface area contributed by atoms with Crippen LogP contribution in [-0.2, 0) is 0 Å². The van der Waals surface area contributed by atoms with Crippen molar-refractivity contribution in [3.05, 3.63) is 18.0 Å². The second-order valence-electron chi connectivity index (χ2n) is 3.99. The van der Waals surface area contributed by atoms with Crippen molar-refractivity contribution in [2.24, 2.45) is 5.92 Å². The van der Waals surface area contributed by atoms with Crippen LogP contribution in [0.2, 0.25) is 0 Å². The monoisotopic (exact) mass is 192 g/mol. The second-order valence-corrected chi connectivity index (χ2v) is 3.99. The molecule has 1 aliphatic rings. The molecule has 0 unspecified atom stereocenters. The Morgan fingerprint density at radius 2 is 2.36 bits per heavy atom. The van der Waals surface area contributed by atoms with Gasteiger partial charge in [0.1, 0.15) is 0 Å². The minimum absolute atomic E-state index is 0.750. The van der Waals surface area contributed by atoms with Crippen molar-refractivity contribution in [3.8, 4) is 0 Å². The van der Waals surface area contributed by atoms with Crippen molar-refractivity contribution in [2.45, 2.75) is 6.92 Å². The molecule has 0 radical (unpaired) electrons. The zero-order valence-corrected chi connectivity index (χ0v) is 8.70. The first kappa shape index (κ1) is 9.40. The number of nitrogens with zero attached hydrogens (tertiary/aromatic N) is 3. The molecule has 4 heteroatoms.